The SMILES string of the molecule is CCc1ccc(-c2nc(CC(=O)Nc3ccc(S(=O)(=O)CC4CCCO4)cc3)cs2)cc1. The summed E-state index contributed by atoms with van der Waals surface area (Å²) in [5, 5.41) is 5.59. The number of thiazole rings is 1. The van der Waals surface area contributed by atoms with Crippen molar-refractivity contribution in [2.45, 2.75) is 43.6 Å². The van der Waals surface area contributed by atoms with E-state index in [1.165, 1.54) is 29.0 Å². The predicted octanol–water partition coefficient (Wildman–Crippen LogP) is 4.51. The average molecular weight is 471 g/mol. The molecule has 1 aliphatic heterocycles. The molecule has 8 heteroatoms. The van der Waals surface area contributed by atoms with Gasteiger partial charge < -0.3 is 10.1 Å². The Hall–Kier alpha value is -2.55. The van der Waals surface area contributed by atoms with Gasteiger partial charge in [-0.2, -0.15) is 0 Å². The standard InChI is InChI=1S/C24H26N2O4S2/c1-2-17-5-7-18(8-6-17)24-26-20(15-31-24)14-23(27)25-19-9-11-22(12-10-19)32(28,29)16-21-4-3-13-30-21/h5-12,15,21H,2-4,13-14,16H2,1H3,(H,25,27). The third kappa shape index (κ3) is 5.62. The van der Waals surface area contributed by atoms with E-state index in [9.17, 15) is 13.2 Å². The topological polar surface area (TPSA) is 85.4 Å². The highest BCUT2D eigenvalue weighted by atomic mass is 32.2. The van der Waals surface area contributed by atoms with Gasteiger partial charge in [0.1, 0.15) is 5.01 Å². The van der Waals surface area contributed by atoms with Gasteiger partial charge in [-0.3, -0.25) is 4.79 Å². The third-order valence-electron chi connectivity index (χ3n) is 5.43. The van der Waals surface area contributed by atoms with E-state index >= 15 is 0 Å². The summed E-state index contributed by atoms with van der Waals surface area (Å²) in [6.07, 6.45) is 2.59. The summed E-state index contributed by atoms with van der Waals surface area (Å²) in [6, 6.07) is 14.6. The van der Waals surface area contributed by atoms with Crippen molar-refractivity contribution in [2.24, 2.45) is 0 Å². The van der Waals surface area contributed by atoms with Gasteiger partial charge in [0, 0.05) is 23.2 Å². The molecule has 3 aromatic rings. The van der Waals surface area contributed by atoms with Crippen LogP contribution in [0.3, 0.4) is 0 Å². The van der Waals surface area contributed by atoms with Crippen LogP contribution in [0.1, 0.15) is 31.0 Å². The zero-order valence-electron chi connectivity index (χ0n) is 17.9. The molecule has 4 rings (SSSR count). The second kappa shape index (κ2) is 9.94. The number of amides is 1. The van der Waals surface area contributed by atoms with E-state index in [1.807, 2.05) is 5.38 Å². The molecule has 1 aliphatic rings. The van der Waals surface area contributed by atoms with E-state index in [1.54, 1.807) is 12.1 Å². The zero-order chi connectivity index (χ0) is 22.6. The predicted molar refractivity (Wildman–Crippen MR) is 127 cm³/mol. The molecule has 2 heterocycles. The molecule has 0 saturated carbocycles. The van der Waals surface area contributed by atoms with Crippen LogP contribution < -0.4 is 5.32 Å². The summed E-state index contributed by atoms with van der Waals surface area (Å²) in [6.45, 7) is 2.74. The fraction of sp³-hybridized carbons (Fsp3) is 0.333. The molecule has 0 aliphatic carbocycles. The van der Waals surface area contributed by atoms with Gasteiger partial charge in [0.2, 0.25) is 5.91 Å². The Bertz CT molecular complexity index is 1160. The maximum absolute atomic E-state index is 12.5. The molecule has 1 fully saturated rings. The van der Waals surface area contributed by atoms with Gasteiger partial charge in [-0.1, -0.05) is 31.2 Å². The van der Waals surface area contributed by atoms with Gasteiger partial charge in [0.15, 0.2) is 9.84 Å². The molecule has 6 nitrogen and oxygen atoms in total. The number of sulfone groups is 1. The lowest BCUT2D eigenvalue weighted by Crippen LogP contribution is -2.20. The number of anilines is 1. The molecule has 1 N–H and O–H groups in total. The smallest absolute Gasteiger partial charge is 0.230 e. The van der Waals surface area contributed by atoms with Gasteiger partial charge in [0.25, 0.3) is 0 Å². The summed E-state index contributed by atoms with van der Waals surface area (Å²) < 4.78 is 30.5. The average Bonchev–Trinajstić information content (AvgIpc) is 3.46. The number of carbonyl (C=O) groups excluding carboxylic acids is 1. The number of nitrogens with one attached hydrogen (secondary N) is 1. The Labute approximate surface area is 192 Å². The van der Waals surface area contributed by atoms with Gasteiger partial charge in [0.05, 0.1) is 28.9 Å². The monoisotopic (exact) mass is 470 g/mol. The minimum atomic E-state index is -3.41. The number of aromatic nitrogens is 1. The Morgan fingerprint density at radius 3 is 2.56 bits per heavy atom. The number of nitrogens with zero attached hydrogens (tertiary/aromatic N) is 1. The van der Waals surface area contributed by atoms with Crippen molar-refractivity contribution in [3.8, 4) is 10.6 Å². The Morgan fingerprint density at radius 1 is 1.16 bits per heavy atom. The molecule has 168 valence electrons. The fourth-order valence-electron chi connectivity index (χ4n) is 3.64. The molecule has 1 aromatic heterocycles. The largest absolute Gasteiger partial charge is 0.377 e. The highest BCUT2D eigenvalue weighted by Crippen LogP contribution is 2.25. The minimum Gasteiger partial charge on any atom is -0.377 e. The summed E-state index contributed by atoms with van der Waals surface area (Å²) in [7, 11) is -3.41. The Balaban J connectivity index is 1.34. The number of aryl methyl sites for hydroxylation is 1. The molecule has 1 amide bonds. The normalized spacial score (nSPS) is 16.2. The van der Waals surface area contributed by atoms with Gasteiger partial charge in [-0.05, 0) is 49.1 Å². The lowest BCUT2D eigenvalue weighted by molar-refractivity contribution is -0.115. The van der Waals surface area contributed by atoms with Crippen LogP contribution >= 0.6 is 11.3 Å². The van der Waals surface area contributed by atoms with Crippen LogP contribution in [-0.2, 0) is 32.2 Å². The van der Waals surface area contributed by atoms with Crippen LogP contribution in [0.4, 0.5) is 5.69 Å². The summed E-state index contributed by atoms with van der Waals surface area (Å²) in [5.74, 6) is -0.204. The summed E-state index contributed by atoms with van der Waals surface area (Å²) >= 11 is 1.51. The highest BCUT2D eigenvalue weighted by molar-refractivity contribution is 7.91. The minimum absolute atomic E-state index is 0.00790. The first kappa shape index (κ1) is 22.6. The van der Waals surface area contributed by atoms with Gasteiger partial charge in [-0.25, -0.2) is 13.4 Å². The van der Waals surface area contributed by atoms with Crippen LogP contribution in [0.5, 0.6) is 0 Å². The molecule has 2 aromatic carbocycles. The molecule has 1 atom stereocenters. The van der Waals surface area contributed by atoms with Gasteiger partial charge in [-0.15, -0.1) is 11.3 Å². The number of rotatable bonds is 8. The molecule has 0 spiro atoms. The number of hydrogen-bond acceptors (Lipinski definition) is 6. The van der Waals surface area contributed by atoms with E-state index < -0.39 is 9.84 Å². The van der Waals surface area contributed by atoms with Gasteiger partial charge >= 0.3 is 0 Å². The summed E-state index contributed by atoms with van der Waals surface area (Å²) in [4.78, 5) is 17.3. The van der Waals surface area contributed by atoms with E-state index in [4.69, 9.17) is 4.74 Å². The second-order valence-electron chi connectivity index (χ2n) is 7.86. The first-order chi connectivity index (χ1) is 15.4. The first-order valence-electron chi connectivity index (χ1n) is 10.7. The lowest BCUT2D eigenvalue weighted by atomic mass is 10.1. The van der Waals surface area contributed by atoms with Crippen LogP contribution in [0.15, 0.2) is 58.8 Å². The maximum atomic E-state index is 12.5. The van der Waals surface area contributed by atoms with Crippen LogP contribution in [0, 0.1) is 0 Å². The Morgan fingerprint density at radius 2 is 1.91 bits per heavy atom. The maximum Gasteiger partial charge on any atom is 0.230 e. The molecule has 32 heavy (non-hydrogen) atoms. The second-order valence-corrected chi connectivity index (χ2v) is 10.8. The molecule has 1 saturated heterocycles. The van der Waals surface area contributed by atoms with Crippen molar-refractivity contribution < 1.29 is 17.9 Å². The van der Waals surface area contributed by atoms with Crippen molar-refractivity contribution in [3.05, 3.63) is 65.2 Å². The first-order valence-corrected chi connectivity index (χ1v) is 13.2. The highest BCUT2D eigenvalue weighted by Gasteiger charge is 2.24. The summed E-state index contributed by atoms with van der Waals surface area (Å²) in [5.41, 5.74) is 3.57. The van der Waals surface area contributed by atoms with Crippen molar-refractivity contribution in [1.82, 2.24) is 4.98 Å². The third-order valence-corrected chi connectivity index (χ3v) is 8.17. The number of carbonyl (C=O) groups is 1. The molecule has 0 bridgehead atoms. The molecular formula is C24H26N2O4S2. The van der Waals surface area contributed by atoms with Crippen LogP contribution in [0.2, 0.25) is 0 Å². The molecule has 1 unspecified atom stereocenters. The quantitative estimate of drug-likeness (QED) is 0.524. The van der Waals surface area contributed by atoms with Crippen LogP contribution in [0.25, 0.3) is 10.6 Å². The van der Waals surface area contributed by atoms with Crippen molar-refractivity contribution >= 4 is 32.8 Å². The van der Waals surface area contributed by atoms with E-state index in [2.05, 4.69) is 41.5 Å². The van der Waals surface area contributed by atoms with E-state index in [0.29, 0.717) is 18.0 Å². The van der Waals surface area contributed by atoms with Crippen molar-refractivity contribution in [1.29, 1.82) is 0 Å². The zero-order valence-corrected chi connectivity index (χ0v) is 19.5. The van der Waals surface area contributed by atoms with E-state index in [-0.39, 0.29) is 29.1 Å². The Kier molecular flexibility index (Phi) is 7.03. The number of hydrogen-bond donors (Lipinski definition) is 1. The van der Waals surface area contributed by atoms with Crippen LogP contribution in [-0.4, -0.2) is 37.8 Å². The fourth-order valence-corrected chi connectivity index (χ4v) is 5.96. The number of ether oxygens (including phenoxy) is 1. The molecule has 0 radical (unpaired) electrons. The van der Waals surface area contributed by atoms with E-state index in [0.717, 1.165) is 29.8 Å². The molecular weight excluding hydrogens is 444 g/mol. The lowest BCUT2D eigenvalue weighted by Gasteiger charge is -2.11. The number of benzene rings is 2. The van der Waals surface area contributed by atoms with Crippen molar-refractivity contribution in [3.63, 3.8) is 0 Å². The van der Waals surface area contributed by atoms with Crippen molar-refractivity contribution in [2.75, 3.05) is 17.7 Å².